The summed E-state index contributed by atoms with van der Waals surface area (Å²) in [4.78, 5) is 33.6. The highest BCUT2D eigenvalue weighted by Crippen LogP contribution is 2.25. The topological polar surface area (TPSA) is 85.7 Å². The largest absolute Gasteiger partial charge is 0.495 e. The molecule has 0 bridgehead atoms. The summed E-state index contributed by atoms with van der Waals surface area (Å²) in [6.45, 7) is 3.38. The molecule has 9 heteroatoms. The summed E-state index contributed by atoms with van der Waals surface area (Å²) in [5.74, 6) is 0.490. The highest BCUT2D eigenvalue weighted by Gasteiger charge is 2.17. The first-order valence-electron chi connectivity index (χ1n) is 12.6. The Morgan fingerprint density at radius 2 is 1.82 bits per heavy atom. The number of anilines is 2. The maximum atomic E-state index is 13.8. The quantitative estimate of drug-likeness (QED) is 0.256. The Labute approximate surface area is 225 Å². The summed E-state index contributed by atoms with van der Waals surface area (Å²) in [5.41, 5.74) is 3.24. The van der Waals surface area contributed by atoms with Crippen LogP contribution in [0.2, 0.25) is 0 Å². The average molecular weight is 531 g/mol. The molecular weight excluding hydrogens is 500 g/mol. The van der Waals surface area contributed by atoms with Crippen LogP contribution < -0.4 is 20.5 Å². The Hall–Kier alpha value is -3.82. The van der Waals surface area contributed by atoms with Crippen LogP contribution in [0.5, 0.6) is 5.75 Å². The lowest BCUT2D eigenvalue weighted by atomic mass is 10.1. The molecule has 1 aromatic heterocycles. The van der Waals surface area contributed by atoms with E-state index in [1.807, 2.05) is 60.7 Å². The predicted molar refractivity (Wildman–Crippen MR) is 152 cm³/mol. The molecule has 1 fully saturated rings. The van der Waals surface area contributed by atoms with E-state index in [9.17, 15) is 9.59 Å². The first-order valence-corrected chi connectivity index (χ1v) is 13.6. The van der Waals surface area contributed by atoms with Crippen molar-refractivity contribution in [2.75, 3.05) is 49.4 Å². The molecule has 1 aliphatic heterocycles. The van der Waals surface area contributed by atoms with Crippen molar-refractivity contribution in [3.05, 3.63) is 88.7 Å². The maximum absolute atomic E-state index is 13.8. The van der Waals surface area contributed by atoms with Crippen molar-refractivity contribution in [3.8, 4) is 5.75 Å². The number of methoxy groups -OCH3 is 1. The van der Waals surface area contributed by atoms with Gasteiger partial charge in [-0.3, -0.25) is 14.2 Å². The Kier molecular flexibility index (Phi) is 8.25. The zero-order valence-corrected chi connectivity index (χ0v) is 22.1. The van der Waals surface area contributed by atoms with E-state index in [1.54, 1.807) is 23.8 Å². The SMILES string of the molecule is COc1ccccc1NC(=O)CSc1nc2ccc(N3CCOCC3)cc2c(=O)n1CCc1ccccc1. The van der Waals surface area contributed by atoms with Crippen molar-refractivity contribution >= 4 is 39.9 Å². The second-order valence-electron chi connectivity index (χ2n) is 8.92. The van der Waals surface area contributed by atoms with Crippen LogP contribution >= 0.6 is 11.8 Å². The van der Waals surface area contributed by atoms with E-state index >= 15 is 0 Å². The lowest BCUT2D eigenvalue weighted by Crippen LogP contribution is -2.36. The van der Waals surface area contributed by atoms with Gasteiger partial charge in [-0.15, -0.1) is 0 Å². The van der Waals surface area contributed by atoms with Gasteiger partial charge in [0.2, 0.25) is 5.91 Å². The molecule has 4 aromatic rings. The van der Waals surface area contributed by atoms with E-state index < -0.39 is 0 Å². The van der Waals surface area contributed by atoms with Gasteiger partial charge >= 0.3 is 0 Å². The van der Waals surface area contributed by atoms with Gasteiger partial charge in [0.15, 0.2) is 5.16 Å². The van der Waals surface area contributed by atoms with Gasteiger partial charge in [-0.05, 0) is 42.3 Å². The first-order chi connectivity index (χ1) is 18.6. The number of nitrogens with zero attached hydrogens (tertiary/aromatic N) is 3. The number of carbonyl (C=O) groups is 1. The lowest BCUT2D eigenvalue weighted by Gasteiger charge is -2.29. The molecule has 3 aromatic carbocycles. The van der Waals surface area contributed by atoms with Gasteiger partial charge in [0, 0.05) is 25.3 Å². The van der Waals surface area contributed by atoms with Crippen LogP contribution in [-0.2, 0) is 22.5 Å². The molecule has 1 saturated heterocycles. The fraction of sp³-hybridized carbons (Fsp3) is 0.276. The van der Waals surface area contributed by atoms with Crippen molar-refractivity contribution in [2.24, 2.45) is 0 Å². The maximum Gasteiger partial charge on any atom is 0.262 e. The van der Waals surface area contributed by atoms with E-state index in [-0.39, 0.29) is 17.2 Å². The number of thioether (sulfide) groups is 1. The highest BCUT2D eigenvalue weighted by molar-refractivity contribution is 7.99. The highest BCUT2D eigenvalue weighted by atomic mass is 32.2. The third kappa shape index (κ3) is 6.00. The number of amides is 1. The predicted octanol–water partition coefficient (Wildman–Crippen LogP) is 4.22. The molecule has 1 aliphatic rings. The van der Waals surface area contributed by atoms with Gasteiger partial charge in [0.05, 0.1) is 42.7 Å². The number of aromatic nitrogens is 2. The van der Waals surface area contributed by atoms with Crippen LogP contribution in [0.15, 0.2) is 82.7 Å². The molecule has 5 rings (SSSR count). The van der Waals surface area contributed by atoms with Gasteiger partial charge in [-0.25, -0.2) is 4.98 Å². The number of carbonyl (C=O) groups excluding carboxylic acids is 1. The minimum absolute atomic E-state index is 0.103. The number of hydrogen-bond donors (Lipinski definition) is 1. The standard InChI is InChI=1S/C29H30N4O4S/c1-36-26-10-6-5-9-25(26)30-27(34)20-38-29-31-24-12-11-22(32-15-17-37-18-16-32)19-23(24)28(35)33(29)14-13-21-7-3-2-4-8-21/h2-12,19H,13-18,20H2,1H3,(H,30,34). The summed E-state index contributed by atoms with van der Waals surface area (Å²) in [6, 6.07) is 23.1. The minimum Gasteiger partial charge on any atom is -0.495 e. The summed E-state index contributed by atoms with van der Waals surface area (Å²) in [7, 11) is 1.56. The third-order valence-electron chi connectivity index (χ3n) is 6.46. The second-order valence-corrected chi connectivity index (χ2v) is 9.87. The number of rotatable bonds is 9. The van der Waals surface area contributed by atoms with Gasteiger partial charge < -0.3 is 19.7 Å². The number of hydrogen-bond acceptors (Lipinski definition) is 7. The number of para-hydroxylation sites is 2. The van der Waals surface area contributed by atoms with Crippen molar-refractivity contribution in [1.29, 1.82) is 0 Å². The van der Waals surface area contributed by atoms with E-state index in [1.165, 1.54) is 11.8 Å². The fourth-order valence-electron chi connectivity index (χ4n) is 4.46. The van der Waals surface area contributed by atoms with Crippen LogP contribution in [-0.4, -0.2) is 54.6 Å². The van der Waals surface area contributed by atoms with Gasteiger partial charge in [0.25, 0.3) is 5.56 Å². The average Bonchev–Trinajstić information content (AvgIpc) is 2.97. The smallest absolute Gasteiger partial charge is 0.262 e. The molecule has 0 aliphatic carbocycles. The Morgan fingerprint density at radius 3 is 2.61 bits per heavy atom. The fourth-order valence-corrected chi connectivity index (χ4v) is 5.29. The zero-order chi connectivity index (χ0) is 26.3. The van der Waals surface area contributed by atoms with E-state index in [2.05, 4.69) is 10.2 Å². The van der Waals surface area contributed by atoms with Gasteiger partial charge in [0.1, 0.15) is 5.75 Å². The molecule has 2 heterocycles. The van der Waals surface area contributed by atoms with Crippen LogP contribution in [0, 0.1) is 0 Å². The van der Waals surface area contributed by atoms with Gasteiger partial charge in [-0.2, -0.15) is 0 Å². The van der Waals surface area contributed by atoms with Crippen LogP contribution in [0.25, 0.3) is 10.9 Å². The number of aryl methyl sites for hydroxylation is 1. The van der Waals surface area contributed by atoms with Crippen LogP contribution in [0.3, 0.4) is 0 Å². The van der Waals surface area contributed by atoms with Crippen molar-refractivity contribution in [1.82, 2.24) is 9.55 Å². The minimum atomic E-state index is -0.203. The Balaban J connectivity index is 1.42. The number of fused-ring (bicyclic) bond motifs is 1. The number of nitrogens with one attached hydrogen (secondary N) is 1. The Morgan fingerprint density at radius 1 is 1.05 bits per heavy atom. The van der Waals surface area contributed by atoms with E-state index in [4.69, 9.17) is 14.5 Å². The van der Waals surface area contributed by atoms with E-state index in [0.29, 0.717) is 53.7 Å². The molecule has 8 nitrogen and oxygen atoms in total. The molecule has 0 saturated carbocycles. The number of benzene rings is 3. The van der Waals surface area contributed by atoms with E-state index in [0.717, 1.165) is 24.3 Å². The van der Waals surface area contributed by atoms with Crippen molar-refractivity contribution in [2.45, 2.75) is 18.1 Å². The monoisotopic (exact) mass is 530 g/mol. The summed E-state index contributed by atoms with van der Waals surface area (Å²) in [5, 5.41) is 3.98. The second kappa shape index (κ2) is 12.1. The molecule has 196 valence electrons. The molecule has 0 spiro atoms. The summed E-state index contributed by atoms with van der Waals surface area (Å²) < 4.78 is 12.5. The normalized spacial score (nSPS) is 13.4. The van der Waals surface area contributed by atoms with Crippen LogP contribution in [0.4, 0.5) is 11.4 Å². The van der Waals surface area contributed by atoms with Crippen molar-refractivity contribution < 1.29 is 14.3 Å². The molecular formula is C29H30N4O4S. The summed E-state index contributed by atoms with van der Waals surface area (Å²) in [6.07, 6.45) is 0.679. The summed E-state index contributed by atoms with van der Waals surface area (Å²) >= 11 is 1.26. The first kappa shape index (κ1) is 25.8. The molecule has 0 unspecified atom stereocenters. The van der Waals surface area contributed by atoms with Gasteiger partial charge in [-0.1, -0.05) is 54.2 Å². The Bertz CT molecular complexity index is 1470. The number of morpholine rings is 1. The number of ether oxygens (including phenoxy) is 2. The van der Waals surface area contributed by atoms with Crippen molar-refractivity contribution in [3.63, 3.8) is 0 Å². The molecule has 0 radical (unpaired) electrons. The molecule has 0 atom stereocenters. The molecule has 1 N–H and O–H groups in total. The molecule has 38 heavy (non-hydrogen) atoms. The third-order valence-corrected chi connectivity index (χ3v) is 7.44. The molecule has 1 amide bonds. The lowest BCUT2D eigenvalue weighted by molar-refractivity contribution is -0.113. The van der Waals surface area contributed by atoms with Crippen LogP contribution in [0.1, 0.15) is 5.56 Å². The zero-order valence-electron chi connectivity index (χ0n) is 21.3.